The Labute approximate surface area is 148 Å². The predicted molar refractivity (Wildman–Crippen MR) is 93.5 cm³/mol. The van der Waals surface area contributed by atoms with E-state index < -0.39 is 0 Å². The molecular weight excluding hydrogens is 328 g/mol. The fraction of sp³-hybridized carbons (Fsp3) is 0.611. The normalized spacial score (nSPS) is 19.9. The maximum absolute atomic E-state index is 11.9. The molecule has 0 radical (unpaired) electrons. The number of carbonyl (C=O) groups is 1. The lowest BCUT2D eigenvalue weighted by molar-refractivity contribution is -0.130. The molecule has 0 aliphatic carbocycles. The second-order valence-electron chi connectivity index (χ2n) is 6.56. The monoisotopic (exact) mass is 352 g/mol. The van der Waals surface area contributed by atoms with Crippen molar-refractivity contribution in [2.45, 2.75) is 45.2 Å². The number of piperidine rings is 1. The Kier molecular flexibility index (Phi) is 5.51. The molecule has 2 fully saturated rings. The molecule has 1 N–H and O–H groups in total. The van der Waals surface area contributed by atoms with Crippen LogP contribution in [0.5, 0.6) is 11.5 Å². The number of nitrogens with zero attached hydrogens (tertiary/aromatic N) is 2. The van der Waals surface area contributed by atoms with E-state index in [2.05, 4.69) is 9.80 Å². The van der Waals surface area contributed by atoms with Crippen molar-refractivity contribution in [3.63, 3.8) is 0 Å². The number of halogens is 1. The number of benzene rings is 1. The summed E-state index contributed by atoms with van der Waals surface area (Å²) in [6, 6.07) is 4.06. The average molecular weight is 353 g/mol. The van der Waals surface area contributed by atoms with Crippen LogP contribution >= 0.6 is 11.6 Å². The Morgan fingerprint density at radius 1 is 1.29 bits per heavy atom. The lowest BCUT2D eigenvalue weighted by atomic mass is 10.0. The Morgan fingerprint density at radius 3 is 2.67 bits per heavy atom. The molecule has 2 saturated heterocycles. The van der Waals surface area contributed by atoms with Gasteiger partial charge in [-0.3, -0.25) is 9.69 Å². The van der Waals surface area contributed by atoms with Gasteiger partial charge in [-0.05, 0) is 43.9 Å². The first-order valence-corrected chi connectivity index (χ1v) is 9.12. The van der Waals surface area contributed by atoms with E-state index in [-0.39, 0.29) is 5.75 Å². The molecule has 0 bridgehead atoms. The third-order valence-corrected chi connectivity index (χ3v) is 5.19. The van der Waals surface area contributed by atoms with Crippen LogP contribution in [0.1, 0.15) is 38.2 Å². The molecule has 0 spiro atoms. The second-order valence-corrected chi connectivity index (χ2v) is 6.96. The molecule has 5 nitrogen and oxygen atoms in total. The van der Waals surface area contributed by atoms with E-state index in [0.717, 1.165) is 51.0 Å². The minimum atomic E-state index is 0.00789. The van der Waals surface area contributed by atoms with Gasteiger partial charge in [-0.1, -0.05) is 11.6 Å². The van der Waals surface area contributed by atoms with Crippen molar-refractivity contribution >= 4 is 17.5 Å². The number of ether oxygens (including phenoxy) is 1. The smallest absolute Gasteiger partial charge is 0.222 e. The maximum atomic E-state index is 11.9. The zero-order valence-electron chi connectivity index (χ0n) is 14.1. The number of rotatable bonds is 5. The maximum Gasteiger partial charge on any atom is 0.222 e. The van der Waals surface area contributed by atoms with Gasteiger partial charge in [-0.25, -0.2) is 0 Å². The molecule has 2 aliphatic rings. The van der Waals surface area contributed by atoms with Gasteiger partial charge >= 0.3 is 0 Å². The Bertz CT molecular complexity index is 600. The third-order valence-electron chi connectivity index (χ3n) is 4.90. The summed E-state index contributed by atoms with van der Waals surface area (Å²) in [5, 5.41) is 10.3. The van der Waals surface area contributed by atoms with Gasteiger partial charge in [0.15, 0.2) is 11.5 Å². The van der Waals surface area contributed by atoms with Gasteiger partial charge in [0.2, 0.25) is 5.91 Å². The van der Waals surface area contributed by atoms with Crippen LogP contribution in [-0.4, -0.2) is 53.1 Å². The number of hydrogen-bond donors (Lipinski definition) is 1. The van der Waals surface area contributed by atoms with Gasteiger partial charge in [-0.2, -0.15) is 0 Å². The molecular formula is C18H25ClN2O3. The first-order valence-electron chi connectivity index (χ1n) is 8.74. The molecule has 24 heavy (non-hydrogen) atoms. The van der Waals surface area contributed by atoms with E-state index in [0.29, 0.717) is 35.7 Å². The highest BCUT2D eigenvalue weighted by atomic mass is 35.5. The standard InChI is InChI=1S/C18H25ClN2O3/c1-2-24-16-11-13(10-15(19)18(16)23)12-20-8-5-14(6-9-20)21-7-3-4-17(21)22/h10-11,14,23H,2-9,12H2,1H3. The lowest BCUT2D eigenvalue weighted by Crippen LogP contribution is -2.45. The van der Waals surface area contributed by atoms with Crippen LogP contribution in [0.15, 0.2) is 12.1 Å². The Hall–Kier alpha value is -1.46. The summed E-state index contributed by atoms with van der Waals surface area (Å²) >= 11 is 6.11. The third kappa shape index (κ3) is 3.78. The second kappa shape index (κ2) is 7.62. The first kappa shape index (κ1) is 17.4. The minimum absolute atomic E-state index is 0.00789. The zero-order chi connectivity index (χ0) is 17.1. The van der Waals surface area contributed by atoms with Crippen LogP contribution < -0.4 is 4.74 Å². The van der Waals surface area contributed by atoms with Gasteiger partial charge in [0.1, 0.15) is 0 Å². The van der Waals surface area contributed by atoms with Crippen LogP contribution in [0.4, 0.5) is 0 Å². The molecule has 2 aliphatic heterocycles. The summed E-state index contributed by atoms with van der Waals surface area (Å²) in [6.07, 6.45) is 3.77. The van der Waals surface area contributed by atoms with E-state index in [4.69, 9.17) is 16.3 Å². The molecule has 3 rings (SSSR count). The van der Waals surface area contributed by atoms with Gasteiger partial charge in [-0.15, -0.1) is 0 Å². The van der Waals surface area contributed by atoms with Crippen molar-refractivity contribution in [3.8, 4) is 11.5 Å². The first-order chi connectivity index (χ1) is 11.6. The highest BCUT2D eigenvalue weighted by Crippen LogP contribution is 2.35. The minimum Gasteiger partial charge on any atom is -0.503 e. The van der Waals surface area contributed by atoms with E-state index in [1.54, 1.807) is 6.07 Å². The zero-order valence-corrected chi connectivity index (χ0v) is 14.9. The Balaban J connectivity index is 1.59. The number of phenolic OH excluding ortho intramolecular Hbond substituents is 1. The molecule has 0 unspecified atom stereocenters. The highest BCUT2D eigenvalue weighted by molar-refractivity contribution is 6.32. The average Bonchev–Trinajstić information content (AvgIpc) is 2.99. The quantitative estimate of drug-likeness (QED) is 0.885. The number of hydrogen-bond acceptors (Lipinski definition) is 4. The van der Waals surface area contributed by atoms with Crippen molar-refractivity contribution in [2.75, 3.05) is 26.2 Å². The van der Waals surface area contributed by atoms with Gasteiger partial charge in [0.25, 0.3) is 0 Å². The van der Waals surface area contributed by atoms with Crippen LogP contribution in [0.3, 0.4) is 0 Å². The number of aromatic hydroxyl groups is 1. The fourth-order valence-electron chi connectivity index (χ4n) is 3.69. The summed E-state index contributed by atoms with van der Waals surface area (Å²) in [6.45, 7) is 6.01. The number of carbonyl (C=O) groups excluding carboxylic acids is 1. The van der Waals surface area contributed by atoms with Crippen LogP contribution in [-0.2, 0) is 11.3 Å². The van der Waals surface area contributed by atoms with Crippen molar-refractivity contribution in [3.05, 3.63) is 22.7 Å². The fourth-order valence-corrected chi connectivity index (χ4v) is 3.92. The van der Waals surface area contributed by atoms with Gasteiger partial charge in [0.05, 0.1) is 11.6 Å². The highest BCUT2D eigenvalue weighted by Gasteiger charge is 2.30. The van der Waals surface area contributed by atoms with Crippen molar-refractivity contribution < 1.29 is 14.6 Å². The molecule has 1 aromatic rings. The molecule has 132 valence electrons. The molecule has 2 heterocycles. The van der Waals surface area contributed by atoms with Crippen LogP contribution in [0.25, 0.3) is 0 Å². The molecule has 0 atom stereocenters. The van der Waals surface area contributed by atoms with Gasteiger partial charge < -0.3 is 14.7 Å². The SMILES string of the molecule is CCOc1cc(CN2CCC(N3CCCC3=O)CC2)cc(Cl)c1O. The van der Waals surface area contributed by atoms with Crippen LogP contribution in [0, 0.1) is 0 Å². The van der Waals surface area contributed by atoms with Crippen LogP contribution in [0.2, 0.25) is 5.02 Å². The largest absolute Gasteiger partial charge is 0.503 e. The Morgan fingerprint density at radius 2 is 2.04 bits per heavy atom. The molecule has 0 saturated carbocycles. The number of amides is 1. The number of phenols is 1. The number of likely N-dealkylation sites (tertiary alicyclic amines) is 2. The van der Waals surface area contributed by atoms with Crippen molar-refractivity contribution in [1.82, 2.24) is 9.80 Å². The van der Waals surface area contributed by atoms with E-state index in [1.807, 2.05) is 13.0 Å². The van der Waals surface area contributed by atoms with E-state index in [9.17, 15) is 9.90 Å². The van der Waals surface area contributed by atoms with Gasteiger partial charge in [0, 0.05) is 38.6 Å². The molecule has 6 heteroatoms. The van der Waals surface area contributed by atoms with E-state index in [1.165, 1.54) is 0 Å². The summed E-state index contributed by atoms with van der Waals surface area (Å²) in [5.41, 5.74) is 1.04. The summed E-state index contributed by atoms with van der Waals surface area (Å²) in [5.74, 6) is 0.770. The van der Waals surface area contributed by atoms with Crippen molar-refractivity contribution in [1.29, 1.82) is 0 Å². The molecule has 1 amide bonds. The summed E-state index contributed by atoms with van der Waals surface area (Å²) in [7, 11) is 0. The lowest BCUT2D eigenvalue weighted by Gasteiger charge is -2.36. The van der Waals surface area contributed by atoms with Crippen molar-refractivity contribution in [2.24, 2.45) is 0 Å². The predicted octanol–water partition coefficient (Wildman–Crippen LogP) is 3.03. The molecule has 0 aromatic heterocycles. The summed E-state index contributed by atoms with van der Waals surface area (Å²) in [4.78, 5) is 16.3. The topological polar surface area (TPSA) is 53.0 Å². The summed E-state index contributed by atoms with van der Waals surface area (Å²) < 4.78 is 5.45. The van der Waals surface area contributed by atoms with E-state index >= 15 is 0 Å². The molecule has 1 aromatic carbocycles.